The second-order valence-corrected chi connectivity index (χ2v) is 7.70. The number of para-hydroxylation sites is 2. The van der Waals surface area contributed by atoms with Crippen LogP contribution in [0, 0.1) is 0 Å². The van der Waals surface area contributed by atoms with Gasteiger partial charge in [0, 0.05) is 19.0 Å². The van der Waals surface area contributed by atoms with Crippen molar-refractivity contribution in [2.75, 3.05) is 23.6 Å². The molecule has 0 N–H and O–H groups in total. The third-order valence-electron chi connectivity index (χ3n) is 5.54. The predicted molar refractivity (Wildman–Crippen MR) is 128 cm³/mol. The molecule has 4 aromatic rings. The third-order valence-corrected chi connectivity index (χ3v) is 5.54. The van der Waals surface area contributed by atoms with Crippen molar-refractivity contribution in [2.45, 2.75) is 13.3 Å². The van der Waals surface area contributed by atoms with Crippen LogP contribution in [0.5, 0.6) is 0 Å². The fourth-order valence-corrected chi connectivity index (χ4v) is 3.84. The summed E-state index contributed by atoms with van der Waals surface area (Å²) in [7, 11) is 1.94. The maximum atomic E-state index is 6.07. The number of rotatable bonds is 5. The molecule has 3 aromatic carbocycles. The summed E-state index contributed by atoms with van der Waals surface area (Å²) in [6, 6.07) is 26.6. The van der Waals surface area contributed by atoms with Crippen molar-refractivity contribution in [1.29, 1.82) is 0 Å². The van der Waals surface area contributed by atoms with Crippen LogP contribution >= 0.6 is 0 Å². The Balaban J connectivity index is 1.37. The molecule has 0 fully saturated rings. The largest absolute Gasteiger partial charge is 0.455 e. The molecule has 31 heavy (non-hydrogen) atoms. The average molecular weight is 409 g/mol. The molecule has 5 heteroatoms. The van der Waals surface area contributed by atoms with E-state index in [0.29, 0.717) is 0 Å². The van der Waals surface area contributed by atoms with Crippen LogP contribution in [0.25, 0.3) is 11.0 Å². The van der Waals surface area contributed by atoms with Gasteiger partial charge in [-0.1, -0.05) is 36.4 Å². The van der Waals surface area contributed by atoms with Gasteiger partial charge >= 0.3 is 0 Å². The van der Waals surface area contributed by atoms with E-state index in [2.05, 4.69) is 40.4 Å². The van der Waals surface area contributed by atoms with E-state index in [-0.39, 0.29) is 0 Å². The molecule has 0 saturated heterocycles. The van der Waals surface area contributed by atoms with Gasteiger partial charge in [-0.3, -0.25) is 10.0 Å². The van der Waals surface area contributed by atoms with Gasteiger partial charge in [0.25, 0.3) is 0 Å². The number of benzene rings is 3. The Morgan fingerprint density at radius 1 is 1.00 bits per heavy atom. The standard InChI is InChI=1S/C26H24N4O/c1-19(28-30-15-14-21-8-6-7-11-24(21)30)26-17-22-16-20(12-13-25(22)31-26)18-27-29(2)23-9-4-3-5-10-23/h3-13,16-18H,14-15H2,1-2H3. The molecule has 0 saturated carbocycles. The summed E-state index contributed by atoms with van der Waals surface area (Å²) in [5.74, 6) is 0.787. The van der Waals surface area contributed by atoms with Crippen molar-refractivity contribution in [1.82, 2.24) is 0 Å². The van der Waals surface area contributed by atoms with Gasteiger partial charge in [-0.25, -0.2) is 0 Å². The van der Waals surface area contributed by atoms with E-state index in [1.165, 1.54) is 11.3 Å². The second kappa shape index (κ2) is 8.11. The van der Waals surface area contributed by atoms with Gasteiger partial charge in [0.05, 0.1) is 17.6 Å². The fraction of sp³-hybridized carbons (Fsp3) is 0.154. The van der Waals surface area contributed by atoms with Gasteiger partial charge in [-0.2, -0.15) is 10.2 Å². The van der Waals surface area contributed by atoms with Crippen LogP contribution in [0.2, 0.25) is 0 Å². The van der Waals surface area contributed by atoms with Crippen LogP contribution in [0.15, 0.2) is 93.5 Å². The highest BCUT2D eigenvalue weighted by Gasteiger charge is 2.18. The van der Waals surface area contributed by atoms with Crippen LogP contribution in [0.4, 0.5) is 11.4 Å². The second-order valence-electron chi connectivity index (χ2n) is 7.70. The lowest BCUT2D eigenvalue weighted by Gasteiger charge is -2.13. The molecule has 0 aliphatic carbocycles. The molecule has 1 aromatic heterocycles. The summed E-state index contributed by atoms with van der Waals surface area (Å²) >= 11 is 0. The number of hydrogen-bond donors (Lipinski definition) is 0. The number of furan rings is 1. The van der Waals surface area contributed by atoms with Gasteiger partial charge in [0.1, 0.15) is 11.3 Å². The Morgan fingerprint density at radius 2 is 1.81 bits per heavy atom. The lowest BCUT2D eigenvalue weighted by atomic mass is 10.1. The van der Waals surface area contributed by atoms with E-state index in [9.17, 15) is 0 Å². The van der Waals surface area contributed by atoms with Crippen molar-refractivity contribution < 1.29 is 4.42 Å². The quantitative estimate of drug-likeness (QED) is 0.315. The van der Waals surface area contributed by atoms with Gasteiger partial charge in [-0.05, 0) is 66.9 Å². The number of anilines is 2. The molecule has 5 nitrogen and oxygen atoms in total. The first-order chi connectivity index (χ1) is 15.2. The highest BCUT2D eigenvalue weighted by atomic mass is 16.3. The molecule has 0 radical (unpaired) electrons. The van der Waals surface area contributed by atoms with Crippen LogP contribution in [0.1, 0.15) is 23.8 Å². The monoisotopic (exact) mass is 408 g/mol. The van der Waals surface area contributed by atoms with Crippen molar-refractivity contribution in [2.24, 2.45) is 10.2 Å². The molecular formula is C26H24N4O. The Kier molecular flexibility index (Phi) is 5.00. The van der Waals surface area contributed by atoms with Crippen molar-refractivity contribution in [3.05, 3.63) is 95.7 Å². The number of nitrogens with zero attached hydrogens (tertiary/aromatic N) is 4. The molecule has 0 atom stereocenters. The summed E-state index contributed by atoms with van der Waals surface area (Å²) in [6.07, 6.45) is 2.88. The number of fused-ring (bicyclic) bond motifs is 2. The molecule has 0 bridgehead atoms. The van der Waals surface area contributed by atoms with E-state index in [4.69, 9.17) is 9.52 Å². The topological polar surface area (TPSA) is 44.3 Å². The number of hydrogen-bond acceptors (Lipinski definition) is 5. The van der Waals surface area contributed by atoms with Gasteiger partial charge in [-0.15, -0.1) is 0 Å². The molecule has 1 aliphatic heterocycles. The minimum atomic E-state index is 0.787. The lowest BCUT2D eigenvalue weighted by molar-refractivity contribution is 0.603. The smallest absolute Gasteiger partial charge is 0.151 e. The molecule has 2 heterocycles. The molecule has 154 valence electrons. The zero-order valence-corrected chi connectivity index (χ0v) is 17.7. The van der Waals surface area contributed by atoms with E-state index >= 15 is 0 Å². The molecular weight excluding hydrogens is 384 g/mol. The van der Waals surface area contributed by atoms with Crippen molar-refractivity contribution in [3.8, 4) is 0 Å². The van der Waals surface area contributed by atoms with E-state index in [1.54, 1.807) is 0 Å². The highest BCUT2D eigenvalue weighted by molar-refractivity contribution is 6.01. The minimum Gasteiger partial charge on any atom is -0.455 e. The zero-order valence-electron chi connectivity index (χ0n) is 17.7. The summed E-state index contributed by atoms with van der Waals surface area (Å²) in [4.78, 5) is 0. The summed E-state index contributed by atoms with van der Waals surface area (Å²) in [5, 5.41) is 14.3. The van der Waals surface area contributed by atoms with Gasteiger partial charge in [0.15, 0.2) is 5.76 Å². The van der Waals surface area contributed by atoms with Crippen LogP contribution in [0.3, 0.4) is 0 Å². The normalized spacial score (nSPS) is 13.9. The average Bonchev–Trinajstić information content (AvgIpc) is 3.42. The van der Waals surface area contributed by atoms with Crippen LogP contribution in [-0.2, 0) is 6.42 Å². The Bertz CT molecular complexity index is 1270. The summed E-state index contributed by atoms with van der Waals surface area (Å²) in [5.41, 5.74) is 6.30. The molecule has 1 aliphatic rings. The summed E-state index contributed by atoms with van der Waals surface area (Å²) in [6.45, 7) is 2.89. The Labute approximate surface area is 181 Å². The molecule has 0 spiro atoms. The predicted octanol–water partition coefficient (Wildman–Crippen LogP) is 5.69. The summed E-state index contributed by atoms with van der Waals surface area (Å²) < 4.78 is 6.07. The Morgan fingerprint density at radius 3 is 2.68 bits per heavy atom. The first-order valence-corrected chi connectivity index (χ1v) is 10.4. The van der Waals surface area contributed by atoms with Crippen LogP contribution < -0.4 is 10.0 Å². The minimum absolute atomic E-state index is 0.787. The molecule has 5 rings (SSSR count). The first kappa shape index (κ1) is 19.1. The fourth-order valence-electron chi connectivity index (χ4n) is 3.84. The Hall–Kier alpha value is -3.86. The van der Waals surface area contributed by atoms with Gasteiger partial charge in [0.2, 0.25) is 0 Å². The highest BCUT2D eigenvalue weighted by Crippen LogP contribution is 2.28. The van der Waals surface area contributed by atoms with E-state index in [0.717, 1.165) is 46.7 Å². The molecule has 0 unspecified atom stereocenters. The SMILES string of the molecule is CC(=NN1CCc2ccccc21)c1cc2cc(C=NN(C)c3ccccc3)ccc2o1. The lowest BCUT2D eigenvalue weighted by Crippen LogP contribution is -2.15. The van der Waals surface area contributed by atoms with Crippen molar-refractivity contribution >= 4 is 34.3 Å². The third kappa shape index (κ3) is 3.94. The van der Waals surface area contributed by atoms with Crippen LogP contribution in [-0.4, -0.2) is 25.5 Å². The zero-order chi connectivity index (χ0) is 21.2. The molecule has 0 amide bonds. The van der Waals surface area contributed by atoms with Crippen molar-refractivity contribution in [3.63, 3.8) is 0 Å². The maximum absolute atomic E-state index is 6.07. The maximum Gasteiger partial charge on any atom is 0.151 e. The first-order valence-electron chi connectivity index (χ1n) is 10.4. The van der Waals surface area contributed by atoms with Gasteiger partial charge < -0.3 is 4.42 Å². The number of hydrazone groups is 2. The van der Waals surface area contributed by atoms with E-state index < -0.39 is 0 Å². The van der Waals surface area contributed by atoms with E-state index in [1.807, 2.05) is 73.7 Å².